The molecule has 0 aromatic heterocycles. The molecule has 5 heteroatoms. The number of halogens is 2. The predicted octanol–water partition coefficient (Wildman–Crippen LogP) is -0.0265. The molecule has 0 atom stereocenters. The van der Waals surface area contributed by atoms with Gasteiger partial charge in [-0.1, -0.05) is 0 Å². The van der Waals surface area contributed by atoms with Gasteiger partial charge in [0.1, 0.15) is 0 Å². The number of rotatable bonds is 3. The van der Waals surface area contributed by atoms with E-state index in [0.29, 0.717) is 6.61 Å². The van der Waals surface area contributed by atoms with Crippen LogP contribution in [0, 0.1) is 5.41 Å². The van der Waals surface area contributed by atoms with Gasteiger partial charge in [-0.25, -0.2) is 0 Å². The van der Waals surface area contributed by atoms with Crippen molar-refractivity contribution in [3.63, 3.8) is 0 Å². The molecule has 0 radical (unpaired) electrons. The van der Waals surface area contributed by atoms with Crippen molar-refractivity contribution in [1.82, 2.24) is 10.2 Å². The summed E-state index contributed by atoms with van der Waals surface area (Å²) in [5.74, 6) is 0. The third-order valence-electron chi connectivity index (χ3n) is 1.99. The van der Waals surface area contributed by atoms with Gasteiger partial charge in [0.25, 0.3) is 0 Å². The molecule has 1 rings (SSSR count). The molecule has 1 heterocycles. The number of aliphatic hydroxyl groups excluding tert-OH is 1. The van der Waals surface area contributed by atoms with Crippen LogP contribution in [0.4, 0.5) is 0 Å². The molecule has 12 heavy (non-hydrogen) atoms. The van der Waals surface area contributed by atoms with Gasteiger partial charge < -0.3 is 15.3 Å². The van der Waals surface area contributed by atoms with Crippen LogP contribution in [-0.2, 0) is 0 Å². The topological polar surface area (TPSA) is 35.5 Å². The normalized spacial score (nSPS) is 19.0. The molecule has 3 nitrogen and oxygen atoms in total. The van der Waals surface area contributed by atoms with Crippen molar-refractivity contribution in [3.05, 3.63) is 0 Å². The standard InChI is InChI=1S/C7H16N2O.2ClH/c1-9(2)5-7(6-10)3-8-4-7;;/h8,10H,3-6H2,1-2H3;2*1H. The Balaban J connectivity index is 0. The van der Waals surface area contributed by atoms with Crippen LogP contribution in [0.3, 0.4) is 0 Å². The van der Waals surface area contributed by atoms with Crippen LogP contribution in [0.1, 0.15) is 0 Å². The van der Waals surface area contributed by atoms with Crippen molar-refractivity contribution in [3.8, 4) is 0 Å². The Bertz CT molecular complexity index is 112. The summed E-state index contributed by atoms with van der Waals surface area (Å²) >= 11 is 0. The lowest BCUT2D eigenvalue weighted by molar-refractivity contribution is 0.0427. The third kappa shape index (κ3) is 3.46. The highest BCUT2D eigenvalue weighted by Gasteiger charge is 2.36. The van der Waals surface area contributed by atoms with E-state index in [4.69, 9.17) is 5.11 Å². The Morgan fingerprint density at radius 1 is 1.33 bits per heavy atom. The molecule has 0 aromatic carbocycles. The molecular weight excluding hydrogens is 199 g/mol. The maximum atomic E-state index is 9.02. The van der Waals surface area contributed by atoms with Gasteiger partial charge in [-0.2, -0.15) is 0 Å². The second-order valence-electron chi connectivity index (χ2n) is 3.50. The second kappa shape index (κ2) is 6.00. The predicted molar refractivity (Wildman–Crippen MR) is 55.4 cm³/mol. The zero-order chi connectivity index (χ0) is 7.61. The lowest BCUT2D eigenvalue weighted by Gasteiger charge is -2.42. The SMILES string of the molecule is CN(C)CC1(CO)CNC1.Cl.Cl. The van der Waals surface area contributed by atoms with Gasteiger partial charge in [0.05, 0.1) is 6.61 Å². The van der Waals surface area contributed by atoms with E-state index in [1.54, 1.807) is 0 Å². The van der Waals surface area contributed by atoms with Crippen LogP contribution in [0.15, 0.2) is 0 Å². The lowest BCUT2D eigenvalue weighted by Crippen LogP contribution is -2.60. The number of nitrogens with one attached hydrogen (secondary N) is 1. The van der Waals surface area contributed by atoms with Crippen LogP contribution >= 0.6 is 24.8 Å². The Kier molecular flexibility index (Phi) is 7.47. The average molecular weight is 217 g/mol. The molecule has 0 unspecified atom stereocenters. The summed E-state index contributed by atoms with van der Waals surface area (Å²) in [6, 6.07) is 0. The summed E-state index contributed by atoms with van der Waals surface area (Å²) in [5, 5.41) is 12.2. The number of aliphatic hydroxyl groups is 1. The first kappa shape index (κ1) is 15.0. The zero-order valence-corrected chi connectivity index (χ0v) is 9.17. The van der Waals surface area contributed by atoms with Gasteiger partial charge >= 0.3 is 0 Å². The Morgan fingerprint density at radius 3 is 1.92 bits per heavy atom. The van der Waals surface area contributed by atoms with E-state index >= 15 is 0 Å². The van der Waals surface area contributed by atoms with Crippen molar-refractivity contribution in [1.29, 1.82) is 0 Å². The molecule has 0 saturated carbocycles. The number of nitrogens with zero attached hydrogens (tertiary/aromatic N) is 1. The van der Waals surface area contributed by atoms with E-state index in [1.807, 2.05) is 14.1 Å². The highest BCUT2D eigenvalue weighted by atomic mass is 35.5. The van der Waals surface area contributed by atoms with Gasteiger partial charge in [0.2, 0.25) is 0 Å². The van der Waals surface area contributed by atoms with Crippen LogP contribution in [0.25, 0.3) is 0 Å². The molecular formula is C7H18Cl2N2O. The minimum atomic E-state index is 0. The largest absolute Gasteiger partial charge is 0.396 e. The molecule has 0 aliphatic carbocycles. The van der Waals surface area contributed by atoms with Crippen molar-refractivity contribution in [2.75, 3.05) is 40.3 Å². The molecule has 1 aliphatic rings. The maximum Gasteiger partial charge on any atom is 0.0524 e. The maximum absolute atomic E-state index is 9.02. The summed E-state index contributed by atoms with van der Waals surface area (Å²) in [7, 11) is 4.07. The van der Waals surface area contributed by atoms with Crippen LogP contribution in [0.5, 0.6) is 0 Å². The fourth-order valence-electron chi connectivity index (χ4n) is 1.42. The monoisotopic (exact) mass is 216 g/mol. The molecule has 0 aromatic rings. The minimum Gasteiger partial charge on any atom is -0.396 e. The first-order valence-electron chi connectivity index (χ1n) is 3.65. The van der Waals surface area contributed by atoms with Gasteiger partial charge in [0.15, 0.2) is 0 Å². The van der Waals surface area contributed by atoms with E-state index in [1.165, 1.54) is 0 Å². The lowest BCUT2D eigenvalue weighted by atomic mass is 9.82. The van der Waals surface area contributed by atoms with E-state index in [2.05, 4.69) is 10.2 Å². The number of hydrogen-bond donors (Lipinski definition) is 2. The highest BCUT2D eigenvalue weighted by molar-refractivity contribution is 5.85. The highest BCUT2D eigenvalue weighted by Crippen LogP contribution is 2.21. The molecule has 1 aliphatic heterocycles. The molecule has 2 N–H and O–H groups in total. The fourth-order valence-corrected chi connectivity index (χ4v) is 1.42. The molecule has 0 bridgehead atoms. The summed E-state index contributed by atoms with van der Waals surface area (Å²) < 4.78 is 0. The van der Waals surface area contributed by atoms with E-state index in [-0.39, 0.29) is 30.2 Å². The summed E-state index contributed by atoms with van der Waals surface area (Å²) in [6.07, 6.45) is 0. The Hall–Kier alpha value is 0.460. The quantitative estimate of drug-likeness (QED) is 0.697. The molecule has 1 saturated heterocycles. The van der Waals surface area contributed by atoms with Crippen molar-refractivity contribution < 1.29 is 5.11 Å². The molecule has 76 valence electrons. The minimum absolute atomic E-state index is 0. The van der Waals surface area contributed by atoms with Crippen LogP contribution in [-0.4, -0.2) is 50.3 Å². The van der Waals surface area contributed by atoms with Crippen LogP contribution < -0.4 is 5.32 Å². The summed E-state index contributed by atoms with van der Waals surface area (Å²) in [5.41, 5.74) is 0.156. The average Bonchev–Trinajstić information content (AvgIpc) is 1.78. The van der Waals surface area contributed by atoms with Crippen LogP contribution in [0.2, 0.25) is 0 Å². The van der Waals surface area contributed by atoms with Gasteiger partial charge in [0, 0.05) is 25.0 Å². The Morgan fingerprint density at radius 2 is 1.83 bits per heavy atom. The Labute approximate surface area is 86.3 Å². The first-order valence-corrected chi connectivity index (χ1v) is 3.65. The number of hydrogen-bond acceptors (Lipinski definition) is 3. The van der Waals surface area contributed by atoms with E-state index in [9.17, 15) is 0 Å². The third-order valence-corrected chi connectivity index (χ3v) is 1.99. The van der Waals surface area contributed by atoms with E-state index < -0.39 is 0 Å². The molecule has 1 fully saturated rings. The van der Waals surface area contributed by atoms with Crippen molar-refractivity contribution in [2.45, 2.75) is 0 Å². The molecule has 0 amide bonds. The van der Waals surface area contributed by atoms with Crippen molar-refractivity contribution in [2.24, 2.45) is 5.41 Å². The second-order valence-corrected chi connectivity index (χ2v) is 3.50. The van der Waals surface area contributed by atoms with Gasteiger partial charge in [-0.3, -0.25) is 0 Å². The zero-order valence-electron chi connectivity index (χ0n) is 7.54. The van der Waals surface area contributed by atoms with Gasteiger partial charge in [-0.15, -0.1) is 24.8 Å². The molecule has 0 spiro atoms. The summed E-state index contributed by atoms with van der Waals surface area (Å²) in [6.45, 7) is 3.21. The summed E-state index contributed by atoms with van der Waals surface area (Å²) in [4.78, 5) is 2.12. The fraction of sp³-hybridized carbons (Fsp3) is 1.00. The first-order chi connectivity index (χ1) is 4.68. The van der Waals surface area contributed by atoms with Gasteiger partial charge in [-0.05, 0) is 14.1 Å². The van der Waals surface area contributed by atoms with Crippen molar-refractivity contribution >= 4 is 24.8 Å². The smallest absolute Gasteiger partial charge is 0.0524 e. The van der Waals surface area contributed by atoms with E-state index in [0.717, 1.165) is 19.6 Å².